The van der Waals surface area contributed by atoms with Gasteiger partial charge in [0, 0.05) is 6.04 Å². The van der Waals surface area contributed by atoms with Crippen LogP contribution in [0.15, 0.2) is 42.5 Å². The van der Waals surface area contributed by atoms with E-state index in [-0.39, 0.29) is 6.04 Å². The average molecular weight is 268 g/mol. The van der Waals surface area contributed by atoms with Crippen LogP contribution in [0.1, 0.15) is 27.8 Å². The van der Waals surface area contributed by atoms with Crippen molar-refractivity contribution in [2.75, 3.05) is 0 Å². The SMILES string of the molecule is Cc1ccc(CC(Cc2ccccc2C)NN)cc1C. The van der Waals surface area contributed by atoms with E-state index < -0.39 is 0 Å². The van der Waals surface area contributed by atoms with Gasteiger partial charge in [0.1, 0.15) is 0 Å². The molecule has 0 aromatic heterocycles. The van der Waals surface area contributed by atoms with E-state index in [4.69, 9.17) is 5.84 Å². The summed E-state index contributed by atoms with van der Waals surface area (Å²) >= 11 is 0. The third-order valence-corrected chi connectivity index (χ3v) is 4.02. The first-order valence-electron chi connectivity index (χ1n) is 7.17. The van der Waals surface area contributed by atoms with Crippen LogP contribution in [0.25, 0.3) is 0 Å². The van der Waals surface area contributed by atoms with Crippen molar-refractivity contribution in [3.05, 3.63) is 70.3 Å². The highest BCUT2D eigenvalue weighted by atomic mass is 15.2. The Morgan fingerprint density at radius 1 is 0.900 bits per heavy atom. The molecule has 0 radical (unpaired) electrons. The first-order valence-corrected chi connectivity index (χ1v) is 7.17. The number of aryl methyl sites for hydroxylation is 3. The molecule has 0 fully saturated rings. The Labute approximate surface area is 122 Å². The Morgan fingerprint density at radius 3 is 2.30 bits per heavy atom. The second kappa shape index (κ2) is 6.69. The number of hydrogen-bond acceptors (Lipinski definition) is 2. The van der Waals surface area contributed by atoms with Crippen LogP contribution in [-0.2, 0) is 12.8 Å². The minimum Gasteiger partial charge on any atom is -0.271 e. The van der Waals surface area contributed by atoms with Gasteiger partial charge in [-0.25, -0.2) is 0 Å². The van der Waals surface area contributed by atoms with Crippen molar-refractivity contribution in [3.63, 3.8) is 0 Å². The third kappa shape index (κ3) is 3.69. The predicted octanol–water partition coefficient (Wildman–Crippen LogP) is 3.23. The summed E-state index contributed by atoms with van der Waals surface area (Å²) in [6, 6.07) is 15.4. The Bertz CT molecular complexity index is 575. The van der Waals surface area contributed by atoms with E-state index in [1.807, 2.05) is 0 Å². The highest BCUT2D eigenvalue weighted by Gasteiger charge is 2.10. The van der Waals surface area contributed by atoms with Gasteiger partial charge in [-0.15, -0.1) is 0 Å². The molecule has 0 amide bonds. The molecular formula is C18H24N2. The van der Waals surface area contributed by atoms with Crippen LogP contribution < -0.4 is 11.3 Å². The summed E-state index contributed by atoms with van der Waals surface area (Å²) in [6.45, 7) is 6.45. The van der Waals surface area contributed by atoms with Crippen molar-refractivity contribution in [2.24, 2.45) is 5.84 Å². The van der Waals surface area contributed by atoms with Crippen molar-refractivity contribution in [3.8, 4) is 0 Å². The van der Waals surface area contributed by atoms with E-state index in [1.54, 1.807) is 0 Å². The van der Waals surface area contributed by atoms with E-state index in [1.165, 1.54) is 27.8 Å². The summed E-state index contributed by atoms with van der Waals surface area (Å²) in [6.07, 6.45) is 1.90. The number of hydrazine groups is 1. The second-order valence-corrected chi connectivity index (χ2v) is 5.62. The van der Waals surface area contributed by atoms with E-state index >= 15 is 0 Å². The lowest BCUT2D eigenvalue weighted by Crippen LogP contribution is -2.38. The Hall–Kier alpha value is -1.64. The summed E-state index contributed by atoms with van der Waals surface area (Å²) < 4.78 is 0. The first kappa shape index (κ1) is 14.8. The fourth-order valence-corrected chi connectivity index (χ4v) is 2.51. The minimum atomic E-state index is 0.262. The maximum Gasteiger partial charge on any atom is 0.0291 e. The molecule has 0 aliphatic carbocycles. The summed E-state index contributed by atoms with van der Waals surface area (Å²) in [7, 11) is 0. The van der Waals surface area contributed by atoms with Crippen molar-refractivity contribution in [1.82, 2.24) is 5.43 Å². The Balaban J connectivity index is 2.09. The summed E-state index contributed by atoms with van der Waals surface area (Å²) in [4.78, 5) is 0. The highest BCUT2D eigenvalue weighted by Crippen LogP contribution is 2.15. The van der Waals surface area contributed by atoms with Gasteiger partial charge in [0.05, 0.1) is 0 Å². The maximum atomic E-state index is 5.74. The summed E-state index contributed by atoms with van der Waals surface area (Å²) in [5.41, 5.74) is 9.66. The quantitative estimate of drug-likeness (QED) is 0.645. The molecule has 2 heteroatoms. The molecule has 2 aromatic rings. The molecule has 2 rings (SSSR count). The Kier molecular flexibility index (Phi) is 4.94. The topological polar surface area (TPSA) is 38.0 Å². The standard InChI is InChI=1S/C18H24N2/c1-13-8-9-16(10-15(13)3)11-18(20-19)12-17-7-5-4-6-14(17)2/h4-10,18,20H,11-12,19H2,1-3H3. The zero-order valence-corrected chi connectivity index (χ0v) is 12.6. The molecule has 2 nitrogen and oxygen atoms in total. The monoisotopic (exact) mass is 268 g/mol. The van der Waals surface area contributed by atoms with Crippen LogP contribution in [0.5, 0.6) is 0 Å². The number of benzene rings is 2. The van der Waals surface area contributed by atoms with Gasteiger partial charge in [-0.3, -0.25) is 11.3 Å². The van der Waals surface area contributed by atoms with Gasteiger partial charge in [0.2, 0.25) is 0 Å². The lowest BCUT2D eigenvalue weighted by Gasteiger charge is -2.18. The van der Waals surface area contributed by atoms with Crippen molar-refractivity contribution >= 4 is 0 Å². The van der Waals surface area contributed by atoms with Crippen LogP contribution in [0.2, 0.25) is 0 Å². The fourth-order valence-electron chi connectivity index (χ4n) is 2.51. The zero-order valence-electron chi connectivity index (χ0n) is 12.6. The highest BCUT2D eigenvalue weighted by molar-refractivity contribution is 5.31. The second-order valence-electron chi connectivity index (χ2n) is 5.62. The van der Waals surface area contributed by atoms with Crippen molar-refractivity contribution in [1.29, 1.82) is 0 Å². The molecule has 0 aliphatic heterocycles. The largest absolute Gasteiger partial charge is 0.271 e. The van der Waals surface area contributed by atoms with Crippen LogP contribution in [0.3, 0.4) is 0 Å². The van der Waals surface area contributed by atoms with Gasteiger partial charge in [-0.1, -0.05) is 42.5 Å². The van der Waals surface area contributed by atoms with Gasteiger partial charge in [-0.2, -0.15) is 0 Å². The average Bonchev–Trinajstić information content (AvgIpc) is 2.44. The Morgan fingerprint density at radius 2 is 1.65 bits per heavy atom. The number of hydrogen-bond donors (Lipinski definition) is 2. The van der Waals surface area contributed by atoms with Gasteiger partial charge < -0.3 is 0 Å². The van der Waals surface area contributed by atoms with Crippen molar-refractivity contribution in [2.45, 2.75) is 39.7 Å². The maximum absolute atomic E-state index is 5.74. The smallest absolute Gasteiger partial charge is 0.0291 e. The molecule has 0 saturated carbocycles. The molecule has 0 heterocycles. The molecule has 20 heavy (non-hydrogen) atoms. The van der Waals surface area contributed by atoms with Gasteiger partial charge in [-0.05, 0) is 61.4 Å². The molecule has 0 spiro atoms. The van der Waals surface area contributed by atoms with E-state index in [0.717, 1.165) is 12.8 Å². The van der Waals surface area contributed by atoms with E-state index in [2.05, 4.69) is 68.7 Å². The van der Waals surface area contributed by atoms with Gasteiger partial charge in [0.15, 0.2) is 0 Å². The fraction of sp³-hybridized carbons (Fsp3) is 0.333. The van der Waals surface area contributed by atoms with Crippen LogP contribution in [-0.4, -0.2) is 6.04 Å². The normalized spacial score (nSPS) is 12.4. The van der Waals surface area contributed by atoms with E-state index in [9.17, 15) is 0 Å². The predicted molar refractivity (Wildman–Crippen MR) is 85.6 cm³/mol. The number of nitrogens with two attached hydrogens (primary N) is 1. The lowest BCUT2D eigenvalue weighted by molar-refractivity contribution is 0.521. The minimum absolute atomic E-state index is 0.262. The molecule has 106 valence electrons. The molecule has 0 saturated heterocycles. The molecule has 0 bridgehead atoms. The molecule has 3 N–H and O–H groups in total. The van der Waals surface area contributed by atoms with Crippen LogP contribution in [0, 0.1) is 20.8 Å². The van der Waals surface area contributed by atoms with Crippen LogP contribution >= 0.6 is 0 Å². The first-order chi connectivity index (χ1) is 9.60. The van der Waals surface area contributed by atoms with Gasteiger partial charge >= 0.3 is 0 Å². The molecule has 2 aromatic carbocycles. The molecular weight excluding hydrogens is 244 g/mol. The number of rotatable bonds is 5. The zero-order chi connectivity index (χ0) is 14.5. The molecule has 0 aliphatic rings. The van der Waals surface area contributed by atoms with Crippen molar-refractivity contribution < 1.29 is 0 Å². The molecule has 1 unspecified atom stereocenters. The molecule has 1 atom stereocenters. The summed E-state index contributed by atoms with van der Waals surface area (Å²) in [5, 5.41) is 0. The number of nitrogens with one attached hydrogen (secondary N) is 1. The van der Waals surface area contributed by atoms with Crippen LogP contribution in [0.4, 0.5) is 0 Å². The van der Waals surface area contributed by atoms with E-state index in [0.29, 0.717) is 0 Å². The van der Waals surface area contributed by atoms with Gasteiger partial charge in [0.25, 0.3) is 0 Å². The lowest BCUT2D eigenvalue weighted by atomic mass is 9.95. The summed E-state index contributed by atoms with van der Waals surface area (Å²) in [5.74, 6) is 5.74. The third-order valence-electron chi connectivity index (χ3n) is 4.02.